The predicted molar refractivity (Wildman–Crippen MR) is 84.3 cm³/mol. The number of hydrogen-bond donors (Lipinski definition) is 2. The molecule has 2 aromatic carbocycles. The van der Waals surface area contributed by atoms with Gasteiger partial charge in [-0.1, -0.05) is 30.3 Å². The molecule has 1 amide bonds. The second-order valence-corrected chi connectivity index (χ2v) is 4.86. The van der Waals surface area contributed by atoms with E-state index in [9.17, 15) is 9.59 Å². The Morgan fingerprint density at radius 2 is 1.73 bits per heavy atom. The van der Waals surface area contributed by atoms with Crippen molar-refractivity contribution in [3.05, 3.63) is 65.7 Å². The van der Waals surface area contributed by atoms with Crippen molar-refractivity contribution in [1.82, 2.24) is 5.32 Å². The molecule has 1 unspecified atom stereocenters. The summed E-state index contributed by atoms with van der Waals surface area (Å²) in [5.41, 5.74) is 7.55. The average molecular weight is 298 g/mol. The Morgan fingerprint density at radius 1 is 1.09 bits per heavy atom. The molecule has 0 bridgehead atoms. The lowest BCUT2D eigenvalue weighted by Crippen LogP contribution is -2.43. The van der Waals surface area contributed by atoms with Crippen molar-refractivity contribution in [3.63, 3.8) is 0 Å². The van der Waals surface area contributed by atoms with Crippen LogP contribution < -0.4 is 11.1 Å². The van der Waals surface area contributed by atoms with Crippen LogP contribution in [0.2, 0.25) is 0 Å². The Morgan fingerprint density at radius 3 is 2.32 bits per heavy atom. The van der Waals surface area contributed by atoms with Crippen molar-refractivity contribution in [2.75, 3.05) is 12.8 Å². The molecule has 0 aromatic heterocycles. The van der Waals surface area contributed by atoms with E-state index in [-0.39, 0.29) is 5.91 Å². The molecule has 0 spiro atoms. The highest BCUT2D eigenvalue weighted by Gasteiger charge is 2.22. The number of nitrogens with one attached hydrogen (secondary N) is 1. The smallest absolute Gasteiger partial charge is 0.328 e. The third-order valence-electron chi connectivity index (χ3n) is 3.25. The van der Waals surface area contributed by atoms with Crippen molar-refractivity contribution < 1.29 is 14.3 Å². The minimum Gasteiger partial charge on any atom is -0.467 e. The fourth-order valence-corrected chi connectivity index (χ4v) is 2.06. The van der Waals surface area contributed by atoms with E-state index in [2.05, 4.69) is 5.32 Å². The molecule has 0 aliphatic rings. The Labute approximate surface area is 129 Å². The first-order valence-corrected chi connectivity index (χ1v) is 6.88. The van der Waals surface area contributed by atoms with Crippen LogP contribution in [-0.4, -0.2) is 25.0 Å². The zero-order valence-corrected chi connectivity index (χ0v) is 12.3. The molecular weight excluding hydrogens is 280 g/mol. The Bertz CT molecular complexity index is 639. The summed E-state index contributed by atoms with van der Waals surface area (Å²) < 4.78 is 4.77. The highest BCUT2D eigenvalue weighted by Crippen LogP contribution is 2.08. The largest absolute Gasteiger partial charge is 0.467 e. The van der Waals surface area contributed by atoms with E-state index in [1.807, 2.05) is 30.3 Å². The molecule has 5 heteroatoms. The lowest BCUT2D eigenvalue weighted by Gasteiger charge is -2.16. The summed E-state index contributed by atoms with van der Waals surface area (Å²) in [4.78, 5) is 24.1. The molecule has 1 atom stereocenters. The number of carbonyl (C=O) groups excluding carboxylic acids is 2. The molecule has 0 aliphatic heterocycles. The van der Waals surface area contributed by atoms with E-state index < -0.39 is 12.0 Å². The molecule has 0 saturated carbocycles. The van der Waals surface area contributed by atoms with Crippen LogP contribution in [0.4, 0.5) is 5.69 Å². The second-order valence-electron chi connectivity index (χ2n) is 4.86. The second kappa shape index (κ2) is 7.26. The van der Waals surface area contributed by atoms with Crippen molar-refractivity contribution in [1.29, 1.82) is 0 Å². The Kier molecular flexibility index (Phi) is 5.14. The number of nitrogens with two attached hydrogens (primary N) is 1. The standard InChI is InChI=1S/C17H18N2O3/c1-22-17(21)15(11-12-5-3-2-4-6-12)19-16(20)13-7-9-14(18)10-8-13/h2-10,15H,11,18H2,1H3,(H,19,20). The quantitative estimate of drug-likeness (QED) is 0.651. The summed E-state index contributed by atoms with van der Waals surface area (Å²) in [6.45, 7) is 0. The van der Waals surface area contributed by atoms with Gasteiger partial charge in [0.15, 0.2) is 0 Å². The van der Waals surface area contributed by atoms with Crippen LogP contribution in [0.1, 0.15) is 15.9 Å². The number of amides is 1. The van der Waals surface area contributed by atoms with E-state index in [0.717, 1.165) is 5.56 Å². The first-order chi connectivity index (χ1) is 10.6. The molecule has 0 aliphatic carbocycles. The van der Waals surface area contributed by atoms with Crippen molar-refractivity contribution in [2.45, 2.75) is 12.5 Å². The van der Waals surface area contributed by atoms with Gasteiger partial charge < -0.3 is 15.8 Å². The number of benzene rings is 2. The lowest BCUT2D eigenvalue weighted by atomic mass is 10.1. The summed E-state index contributed by atoms with van der Waals surface area (Å²) in [7, 11) is 1.30. The van der Waals surface area contributed by atoms with E-state index in [1.54, 1.807) is 24.3 Å². The van der Waals surface area contributed by atoms with Crippen LogP contribution in [0.25, 0.3) is 0 Å². The van der Waals surface area contributed by atoms with Crippen molar-refractivity contribution in [3.8, 4) is 0 Å². The van der Waals surface area contributed by atoms with Gasteiger partial charge in [0.05, 0.1) is 7.11 Å². The van der Waals surface area contributed by atoms with Gasteiger partial charge >= 0.3 is 5.97 Å². The van der Waals surface area contributed by atoms with E-state index in [1.165, 1.54) is 7.11 Å². The minimum atomic E-state index is -0.738. The molecule has 3 N–H and O–H groups in total. The van der Waals surface area contributed by atoms with Crippen molar-refractivity contribution in [2.24, 2.45) is 0 Å². The molecule has 22 heavy (non-hydrogen) atoms. The third-order valence-corrected chi connectivity index (χ3v) is 3.25. The van der Waals surface area contributed by atoms with Crippen LogP contribution in [-0.2, 0) is 16.0 Å². The fourth-order valence-electron chi connectivity index (χ4n) is 2.06. The monoisotopic (exact) mass is 298 g/mol. The van der Waals surface area contributed by atoms with Crippen LogP contribution >= 0.6 is 0 Å². The molecule has 0 fully saturated rings. The highest BCUT2D eigenvalue weighted by molar-refractivity contribution is 5.97. The van der Waals surface area contributed by atoms with Crippen LogP contribution in [0, 0.1) is 0 Å². The molecule has 5 nitrogen and oxygen atoms in total. The number of methoxy groups -OCH3 is 1. The normalized spacial score (nSPS) is 11.5. The number of hydrogen-bond acceptors (Lipinski definition) is 4. The molecular formula is C17H18N2O3. The summed E-state index contributed by atoms with van der Waals surface area (Å²) in [6.07, 6.45) is 0.369. The summed E-state index contributed by atoms with van der Waals surface area (Å²) in [5, 5.41) is 2.70. The van der Waals surface area contributed by atoms with E-state index in [0.29, 0.717) is 17.7 Å². The zero-order valence-electron chi connectivity index (χ0n) is 12.3. The van der Waals surface area contributed by atoms with Crippen LogP contribution in [0.3, 0.4) is 0 Å². The van der Waals surface area contributed by atoms with Gasteiger partial charge in [0.1, 0.15) is 6.04 Å². The topological polar surface area (TPSA) is 81.4 Å². The van der Waals surface area contributed by atoms with Gasteiger partial charge in [0.2, 0.25) is 0 Å². The maximum Gasteiger partial charge on any atom is 0.328 e. The van der Waals surface area contributed by atoms with Gasteiger partial charge in [-0.25, -0.2) is 4.79 Å². The van der Waals surface area contributed by atoms with Crippen molar-refractivity contribution >= 4 is 17.6 Å². The number of anilines is 1. The Hall–Kier alpha value is -2.82. The number of nitrogen functional groups attached to an aromatic ring is 1. The number of ether oxygens (including phenoxy) is 1. The summed E-state index contributed by atoms with van der Waals surface area (Å²) in [5.74, 6) is -0.820. The minimum absolute atomic E-state index is 0.341. The van der Waals surface area contributed by atoms with Gasteiger partial charge in [-0.3, -0.25) is 4.79 Å². The lowest BCUT2D eigenvalue weighted by molar-refractivity contribution is -0.142. The van der Waals surface area contributed by atoms with Gasteiger partial charge in [-0.15, -0.1) is 0 Å². The molecule has 0 saturated heterocycles. The number of rotatable bonds is 5. The van der Waals surface area contributed by atoms with Gasteiger partial charge in [-0.2, -0.15) is 0 Å². The summed E-state index contributed by atoms with van der Waals surface area (Å²) in [6, 6.07) is 15.2. The highest BCUT2D eigenvalue weighted by atomic mass is 16.5. The van der Waals surface area contributed by atoms with Crippen LogP contribution in [0.15, 0.2) is 54.6 Å². The first kappa shape index (κ1) is 15.6. The average Bonchev–Trinajstić information content (AvgIpc) is 2.55. The first-order valence-electron chi connectivity index (χ1n) is 6.88. The Balaban J connectivity index is 2.11. The molecule has 114 valence electrons. The SMILES string of the molecule is COC(=O)C(Cc1ccccc1)NC(=O)c1ccc(N)cc1. The summed E-state index contributed by atoms with van der Waals surface area (Å²) >= 11 is 0. The number of carbonyl (C=O) groups is 2. The zero-order chi connectivity index (χ0) is 15.9. The maximum atomic E-state index is 12.2. The molecule has 2 rings (SSSR count). The van der Waals surface area contributed by atoms with Gasteiger partial charge in [-0.05, 0) is 29.8 Å². The third kappa shape index (κ3) is 4.09. The van der Waals surface area contributed by atoms with E-state index in [4.69, 9.17) is 10.5 Å². The molecule has 0 radical (unpaired) electrons. The maximum absolute atomic E-state index is 12.2. The molecule has 2 aromatic rings. The fraction of sp³-hybridized carbons (Fsp3) is 0.176. The van der Waals surface area contributed by atoms with Gasteiger partial charge in [0.25, 0.3) is 5.91 Å². The predicted octanol–water partition coefficient (Wildman–Crippen LogP) is 1.78. The van der Waals surface area contributed by atoms with Crippen LogP contribution in [0.5, 0.6) is 0 Å². The number of esters is 1. The molecule has 0 heterocycles. The van der Waals surface area contributed by atoms with E-state index >= 15 is 0 Å². The van der Waals surface area contributed by atoms with Gasteiger partial charge in [0, 0.05) is 17.7 Å².